The summed E-state index contributed by atoms with van der Waals surface area (Å²) in [7, 11) is 0. The topological polar surface area (TPSA) is 60.2 Å². The molecule has 2 aromatic rings. The van der Waals surface area contributed by atoms with Crippen LogP contribution in [0.5, 0.6) is 0 Å². The smallest absolute Gasteiger partial charge is 0.254 e. The Morgan fingerprint density at radius 1 is 1.29 bits per heavy atom. The number of rotatable bonds is 2. The molecule has 6 nitrogen and oxygen atoms in total. The van der Waals surface area contributed by atoms with Gasteiger partial charge in [-0.25, -0.2) is 0 Å². The number of carbonyl (C=O) groups is 1. The molecule has 0 aliphatic carbocycles. The highest BCUT2D eigenvalue weighted by molar-refractivity contribution is 5.96. The van der Waals surface area contributed by atoms with Crippen LogP contribution in [0, 0.1) is 0 Å². The maximum Gasteiger partial charge on any atom is 0.254 e. The molecule has 4 rings (SSSR count). The van der Waals surface area contributed by atoms with Crippen LogP contribution in [0.4, 0.5) is 0 Å². The van der Waals surface area contributed by atoms with E-state index < -0.39 is 0 Å². The summed E-state index contributed by atoms with van der Waals surface area (Å²) in [4.78, 5) is 15.0. The number of carbonyl (C=O) groups excluding carboxylic acids is 1. The van der Waals surface area contributed by atoms with E-state index in [1.165, 1.54) is 0 Å². The molecule has 24 heavy (non-hydrogen) atoms. The van der Waals surface area contributed by atoms with Gasteiger partial charge in [0.15, 0.2) is 5.82 Å². The van der Waals surface area contributed by atoms with Gasteiger partial charge in [-0.2, -0.15) is 0 Å². The molecule has 0 fully saturated rings. The van der Waals surface area contributed by atoms with Gasteiger partial charge in [-0.3, -0.25) is 4.79 Å². The zero-order valence-corrected chi connectivity index (χ0v) is 14.3. The lowest BCUT2D eigenvalue weighted by Crippen LogP contribution is -2.41. The van der Waals surface area contributed by atoms with E-state index in [0.717, 1.165) is 28.3 Å². The summed E-state index contributed by atoms with van der Waals surface area (Å²) < 4.78 is 7.69. The van der Waals surface area contributed by atoms with Crippen molar-refractivity contribution in [3.63, 3.8) is 0 Å². The highest BCUT2D eigenvalue weighted by atomic mass is 16.5. The number of nitrogens with zero attached hydrogens (tertiary/aromatic N) is 4. The van der Waals surface area contributed by atoms with Gasteiger partial charge in [-0.1, -0.05) is 26.0 Å². The zero-order valence-electron chi connectivity index (χ0n) is 14.3. The fourth-order valence-electron chi connectivity index (χ4n) is 3.68. The third-order valence-electron chi connectivity index (χ3n) is 4.86. The van der Waals surface area contributed by atoms with Gasteiger partial charge in [0.1, 0.15) is 5.82 Å². The molecule has 3 heterocycles. The minimum Gasteiger partial charge on any atom is -0.372 e. The SMILES string of the molecule is CC(C)c1nnc2n1[C@@H](C)CN(C(=O)c1cccc3c1COC3)C2. The van der Waals surface area contributed by atoms with E-state index in [0.29, 0.717) is 32.2 Å². The van der Waals surface area contributed by atoms with Gasteiger partial charge < -0.3 is 14.2 Å². The van der Waals surface area contributed by atoms with Crippen molar-refractivity contribution in [1.82, 2.24) is 19.7 Å². The van der Waals surface area contributed by atoms with Crippen LogP contribution >= 0.6 is 0 Å². The fraction of sp³-hybridized carbons (Fsp3) is 0.500. The molecule has 0 unspecified atom stereocenters. The molecule has 126 valence electrons. The summed E-state index contributed by atoms with van der Waals surface area (Å²) in [5, 5.41) is 8.65. The van der Waals surface area contributed by atoms with Crippen LogP contribution in [0.15, 0.2) is 18.2 Å². The lowest BCUT2D eigenvalue weighted by atomic mass is 10.0. The Kier molecular flexibility index (Phi) is 3.64. The summed E-state index contributed by atoms with van der Waals surface area (Å²) in [5.41, 5.74) is 2.91. The van der Waals surface area contributed by atoms with E-state index >= 15 is 0 Å². The third-order valence-corrected chi connectivity index (χ3v) is 4.86. The van der Waals surface area contributed by atoms with Gasteiger partial charge in [0.2, 0.25) is 0 Å². The van der Waals surface area contributed by atoms with Crippen molar-refractivity contribution in [1.29, 1.82) is 0 Å². The molecule has 2 aliphatic heterocycles. The predicted octanol–water partition coefficient (Wildman–Crippen LogP) is 2.65. The first-order valence-corrected chi connectivity index (χ1v) is 8.47. The molecular weight excluding hydrogens is 304 g/mol. The van der Waals surface area contributed by atoms with Crippen molar-refractivity contribution < 1.29 is 9.53 Å². The average Bonchev–Trinajstić information content (AvgIpc) is 3.20. The summed E-state index contributed by atoms with van der Waals surface area (Å²) >= 11 is 0. The lowest BCUT2D eigenvalue weighted by Gasteiger charge is -2.33. The molecule has 0 bridgehead atoms. The molecule has 0 spiro atoms. The predicted molar refractivity (Wildman–Crippen MR) is 88.5 cm³/mol. The van der Waals surface area contributed by atoms with Gasteiger partial charge in [0.25, 0.3) is 5.91 Å². The van der Waals surface area contributed by atoms with Crippen LogP contribution in [0.25, 0.3) is 0 Å². The summed E-state index contributed by atoms with van der Waals surface area (Å²) in [6.45, 7) is 8.66. The van der Waals surface area contributed by atoms with Crippen molar-refractivity contribution in [3.05, 3.63) is 46.5 Å². The summed E-state index contributed by atoms with van der Waals surface area (Å²) in [5.74, 6) is 2.25. The second-order valence-corrected chi connectivity index (χ2v) is 6.97. The third kappa shape index (κ3) is 2.33. The highest BCUT2D eigenvalue weighted by Crippen LogP contribution is 2.29. The Morgan fingerprint density at radius 2 is 2.12 bits per heavy atom. The Labute approximate surface area is 141 Å². The van der Waals surface area contributed by atoms with Gasteiger partial charge in [0, 0.05) is 18.0 Å². The fourth-order valence-corrected chi connectivity index (χ4v) is 3.68. The molecule has 0 N–H and O–H groups in total. The highest BCUT2D eigenvalue weighted by Gasteiger charge is 2.31. The Balaban J connectivity index is 1.65. The lowest BCUT2D eigenvalue weighted by molar-refractivity contribution is 0.0675. The van der Waals surface area contributed by atoms with Gasteiger partial charge in [-0.15, -0.1) is 10.2 Å². The molecule has 1 aromatic heterocycles. The molecular formula is C18H22N4O2. The number of ether oxygens (including phenoxy) is 1. The molecule has 1 aromatic carbocycles. The number of amides is 1. The number of fused-ring (bicyclic) bond motifs is 2. The minimum absolute atomic E-state index is 0.0598. The molecule has 0 saturated carbocycles. The number of hydrogen-bond acceptors (Lipinski definition) is 4. The molecule has 0 radical (unpaired) electrons. The van der Waals surface area contributed by atoms with E-state index in [4.69, 9.17) is 4.74 Å². The first-order chi connectivity index (χ1) is 11.6. The van der Waals surface area contributed by atoms with Crippen molar-refractivity contribution in [2.24, 2.45) is 0 Å². The Bertz CT molecular complexity index is 796. The van der Waals surface area contributed by atoms with E-state index in [9.17, 15) is 4.79 Å². The molecule has 1 atom stereocenters. The largest absolute Gasteiger partial charge is 0.372 e. The minimum atomic E-state index is 0.0598. The number of hydrogen-bond donors (Lipinski definition) is 0. The van der Waals surface area contributed by atoms with Crippen LogP contribution in [0.2, 0.25) is 0 Å². The van der Waals surface area contributed by atoms with Crippen LogP contribution in [-0.4, -0.2) is 32.1 Å². The van der Waals surface area contributed by atoms with Gasteiger partial charge in [-0.05, 0) is 24.1 Å². The maximum atomic E-state index is 13.1. The van der Waals surface area contributed by atoms with Crippen LogP contribution in [-0.2, 0) is 24.5 Å². The van der Waals surface area contributed by atoms with Crippen molar-refractivity contribution >= 4 is 5.91 Å². The summed E-state index contributed by atoms with van der Waals surface area (Å²) in [6, 6.07) is 6.05. The monoisotopic (exact) mass is 326 g/mol. The van der Waals surface area contributed by atoms with Crippen molar-refractivity contribution in [3.8, 4) is 0 Å². The average molecular weight is 326 g/mol. The molecule has 6 heteroatoms. The van der Waals surface area contributed by atoms with E-state index in [-0.39, 0.29) is 11.9 Å². The molecule has 2 aliphatic rings. The zero-order chi connectivity index (χ0) is 16.8. The molecule has 1 amide bonds. The van der Waals surface area contributed by atoms with E-state index in [1.54, 1.807) is 0 Å². The van der Waals surface area contributed by atoms with E-state index in [2.05, 4.69) is 35.5 Å². The Hall–Kier alpha value is -2.21. The maximum absolute atomic E-state index is 13.1. The van der Waals surface area contributed by atoms with Crippen LogP contribution in [0.3, 0.4) is 0 Å². The number of aromatic nitrogens is 3. The first kappa shape index (κ1) is 15.3. The quantitative estimate of drug-likeness (QED) is 0.851. The van der Waals surface area contributed by atoms with Crippen LogP contribution < -0.4 is 0 Å². The second-order valence-electron chi connectivity index (χ2n) is 6.97. The Morgan fingerprint density at radius 3 is 2.92 bits per heavy atom. The van der Waals surface area contributed by atoms with Crippen molar-refractivity contribution in [2.45, 2.75) is 52.5 Å². The first-order valence-electron chi connectivity index (χ1n) is 8.47. The number of benzene rings is 1. The normalized spacial score (nSPS) is 19.5. The van der Waals surface area contributed by atoms with Gasteiger partial charge in [0.05, 0.1) is 25.8 Å². The van der Waals surface area contributed by atoms with E-state index in [1.807, 2.05) is 23.1 Å². The standard InChI is InChI=1S/C18H22N4O2/c1-11(2)17-20-19-16-8-21(7-12(3)22(16)17)18(23)14-6-4-5-13-9-24-10-15(13)14/h4-6,11-12H,7-10H2,1-3H3/t12-/m0/s1. The van der Waals surface area contributed by atoms with Crippen LogP contribution in [0.1, 0.15) is 65.9 Å². The summed E-state index contributed by atoms with van der Waals surface area (Å²) in [6.07, 6.45) is 0. The van der Waals surface area contributed by atoms with Gasteiger partial charge >= 0.3 is 0 Å². The second kappa shape index (κ2) is 5.70. The van der Waals surface area contributed by atoms with Crippen molar-refractivity contribution in [2.75, 3.05) is 6.54 Å². The molecule has 0 saturated heterocycles.